The number of benzene rings is 2. The van der Waals surface area contributed by atoms with Crippen LogP contribution < -0.4 is 15.4 Å². The molecular weight excluding hydrogens is 709 g/mol. The Morgan fingerprint density at radius 2 is 1.87 bits per heavy atom. The molecule has 15 heteroatoms. The van der Waals surface area contributed by atoms with E-state index in [0.29, 0.717) is 40.7 Å². The molecular formula is C39H40N8O6S. The van der Waals surface area contributed by atoms with Crippen molar-refractivity contribution in [3.05, 3.63) is 84.0 Å². The molecule has 4 N–H and O–H groups in total. The number of allylic oxidation sites excluding steroid dienone is 1. The second kappa shape index (κ2) is 14.5. The zero-order chi connectivity index (χ0) is 37.4. The average Bonchev–Trinajstić information content (AvgIpc) is 3.79. The van der Waals surface area contributed by atoms with Gasteiger partial charge in [0.1, 0.15) is 45.5 Å². The molecule has 3 amide bonds. The lowest BCUT2D eigenvalue weighted by Gasteiger charge is -2.29. The fourth-order valence-corrected chi connectivity index (χ4v) is 8.21. The minimum atomic E-state index is -1.45. The van der Waals surface area contributed by atoms with E-state index in [1.54, 1.807) is 19.4 Å². The van der Waals surface area contributed by atoms with Crippen LogP contribution in [0.15, 0.2) is 78.3 Å². The number of amides is 3. The van der Waals surface area contributed by atoms with Gasteiger partial charge < -0.3 is 30.4 Å². The van der Waals surface area contributed by atoms with Crippen molar-refractivity contribution in [1.29, 1.82) is 0 Å². The van der Waals surface area contributed by atoms with Crippen LogP contribution in [0.25, 0.3) is 32.9 Å². The fraction of sp³-hybridized carbons (Fsp3) is 0.359. The van der Waals surface area contributed by atoms with E-state index in [4.69, 9.17) is 14.9 Å². The zero-order valence-corrected chi connectivity index (χ0v) is 30.4. The monoisotopic (exact) mass is 748 g/mol. The van der Waals surface area contributed by atoms with Gasteiger partial charge in [0, 0.05) is 46.9 Å². The SMILES string of the molecule is COc1ccc(-c2nn([C@H]3C[C@H]4C(=O)N[C@@]5(C(=O)O)C[C@H]5/C=C\CCCCC[C@@H](NC(=O)c5cc6ccccc6[nH]5)C(=O)N4C3)nc2-c2nccs2)cc1. The highest BCUT2D eigenvalue weighted by Gasteiger charge is 2.61. The number of carbonyl (C=O) groups is 4. The van der Waals surface area contributed by atoms with E-state index in [0.717, 1.165) is 35.7 Å². The van der Waals surface area contributed by atoms with Crippen LogP contribution in [0.2, 0.25) is 0 Å². The lowest BCUT2D eigenvalue weighted by molar-refractivity contribution is -0.145. The van der Waals surface area contributed by atoms with Gasteiger partial charge in [0.15, 0.2) is 0 Å². The van der Waals surface area contributed by atoms with Gasteiger partial charge in [-0.25, -0.2) is 9.78 Å². The Balaban J connectivity index is 1.14. The summed E-state index contributed by atoms with van der Waals surface area (Å²) in [6.07, 6.45) is 9.35. The summed E-state index contributed by atoms with van der Waals surface area (Å²) in [5, 5.41) is 29.2. The summed E-state index contributed by atoms with van der Waals surface area (Å²) in [4.78, 5) is 65.8. The van der Waals surface area contributed by atoms with Gasteiger partial charge in [0.2, 0.25) is 11.8 Å². The molecule has 1 aliphatic carbocycles. The van der Waals surface area contributed by atoms with Crippen molar-refractivity contribution in [2.24, 2.45) is 5.92 Å². The molecule has 3 aromatic heterocycles. The van der Waals surface area contributed by atoms with Crippen molar-refractivity contribution in [1.82, 2.24) is 40.5 Å². The normalized spacial score (nSPS) is 25.2. The number of fused-ring (bicyclic) bond motifs is 3. The van der Waals surface area contributed by atoms with Crippen LogP contribution in [0.1, 0.15) is 61.5 Å². The Hall–Kier alpha value is -5.83. The number of para-hydroxylation sites is 1. The summed E-state index contributed by atoms with van der Waals surface area (Å²) in [5.41, 5.74) is 1.58. The third-order valence-corrected chi connectivity index (χ3v) is 11.5. The Bertz CT molecular complexity index is 2200. The number of H-pyrrole nitrogens is 1. The van der Waals surface area contributed by atoms with Gasteiger partial charge in [0.25, 0.3) is 5.91 Å². The first-order chi connectivity index (χ1) is 26.2. The van der Waals surface area contributed by atoms with Crippen LogP contribution in [0, 0.1) is 5.92 Å². The third kappa shape index (κ3) is 6.75. The lowest BCUT2D eigenvalue weighted by Crippen LogP contribution is -2.56. The van der Waals surface area contributed by atoms with E-state index in [1.807, 2.05) is 66.1 Å². The second-order valence-electron chi connectivity index (χ2n) is 14.1. The summed E-state index contributed by atoms with van der Waals surface area (Å²) in [6.45, 7) is 0.0626. The maximum Gasteiger partial charge on any atom is 0.330 e. The molecule has 278 valence electrons. The topological polar surface area (TPSA) is 184 Å². The number of carboxylic acid groups (broad SMARTS) is 1. The lowest BCUT2D eigenvalue weighted by atomic mass is 10.0. The van der Waals surface area contributed by atoms with E-state index in [1.165, 1.54) is 21.0 Å². The van der Waals surface area contributed by atoms with Crippen LogP contribution in [-0.2, 0) is 14.4 Å². The standard InChI is InChI=1S/C39H40N8O6S/c1-53-27-15-13-23(14-16-27)32-33(36-40-17-18-54-36)45-47(44-32)26-20-31-35(49)43-39(38(51)52)21-25(39)10-5-3-2-4-6-12-29(37(50)46(31)22-26)42-34(48)30-19-24-9-7-8-11-28(24)41-30/h5,7-11,13-19,25-26,29,31,41H,2-4,6,12,20-22H2,1H3,(H,42,48)(H,43,49)(H,51,52)/b10-5-/t25-,26+,29-,31+,39+/m1/s1. The number of aromatic nitrogens is 5. The maximum absolute atomic E-state index is 14.7. The summed E-state index contributed by atoms with van der Waals surface area (Å²) >= 11 is 1.42. The van der Waals surface area contributed by atoms with Crippen LogP contribution in [0.5, 0.6) is 5.75 Å². The molecule has 5 atom stereocenters. The minimum absolute atomic E-state index is 0.0626. The van der Waals surface area contributed by atoms with Crippen molar-refractivity contribution in [3.8, 4) is 27.7 Å². The number of nitrogens with one attached hydrogen (secondary N) is 3. The smallest absolute Gasteiger partial charge is 0.330 e. The number of thiazole rings is 1. The molecule has 0 radical (unpaired) electrons. The number of carboxylic acids is 1. The Labute approximate surface area is 314 Å². The molecule has 54 heavy (non-hydrogen) atoms. The first kappa shape index (κ1) is 35.2. The number of hydrogen-bond donors (Lipinski definition) is 4. The maximum atomic E-state index is 14.7. The molecule has 2 aromatic carbocycles. The highest BCUT2D eigenvalue weighted by atomic mass is 32.1. The minimum Gasteiger partial charge on any atom is -0.497 e. The highest BCUT2D eigenvalue weighted by Crippen LogP contribution is 2.46. The molecule has 0 unspecified atom stereocenters. The van der Waals surface area contributed by atoms with Gasteiger partial charge in [-0.05, 0) is 62.1 Å². The van der Waals surface area contributed by atoms with Crippen molar-refractivity contribution in [3.63, 3.8) is 0 Å². The molecule has 14 nitrogen and oxygen atoms in total. The molecule has 2 fully saturated rings. The molecule has 5 aromatic rings. The zero-order valence-electron chi connectivity index (χ0n) is 29.6. The van der Waals surface area contributed by atoms with Crippen LogP contribution in [0.4, 0.5) is 0 Å². The number of rotatable bonds is 7. The summed E-state index contributed by atoms with van der Waals surface area (Å²) in [5.74, 6) is -2.20. The molecule has 2 aliphatic heterocycles. The molecule has 0 bridgehead atoms. The van der Waals surface area contributed by atoms with Crippen LogP contribution in [0.3, 0.4) is 0 Å². The van der Waals surface area contributed by atoms with E-state index in [-0.39, 0.29) is 25.3 Å². The van der Waals surface area contributed by atoms with E-state index in [9.17, 15) is 24.3 Å². The summed E-state index contributed by atoms with van der Waals surface area (Å²) in [7, 11) is 1.59. The highest BCUT2D eigenvalue weighted by molar-refractivity contribution is 7.13. The molecule has 5 heterocycles. The Morgan fingerprint density at radius 1 is 1.06 bits per heavy atom. The van der Waals surface area contributed by atoms with Gasteiger partial charge in [-0.3, -0.25) is 14.4 Å². The van der Waals surface area contributed by atoms with Crippen molar-refractivity contribution in [2.75, 3.05) is 13.7 Å². The number of methoxy groups -OCH3 is 1. The third-order valence-electron chi connectivity index (χ3n) is 10.7. The average molecular weight is 749 g/mol. The molecule has 1 saturated heterocycles. The number of aliphatic carboxylic acids is 1. The molecule has 8 rings (SSSR count). The van der Waals surface area contributed by atoms with Crippen LogP contribution >= 0.6 is 11.3 Å². The van der Waals surface area contributed by atoms with Gasteiger partial charge >= 0.3 is 5.97 Å². The molecule has 3 aliphatic rings. The van der Waals surface area contributed by atoms with Gasteiger partial charge in [-0.1, -0.05) is 43.2 Å². The first-order valence-electron chi connectivity index (χ1n) is 18.2. The fourth-order valence-electron chi connectivity index (χ4n) is 7.59. The van der Waals surface area contributed by atoms with Gasteiger partial charge in [0.05, 0.1) is 13.2 Å². The van der Waals surface area contributed by atoms with Crippen molar-refractivity contribution < 1.29 is 29.0 Å². The first-order valence-corrected chi connectivity index (χ1v) is 19.0. The summed E-state index contributed by atoms with van der Waals surface area (Å²) < 4.78 is 5.35. The molecule has 1 saturated carbocycles. The largest absolute Gasteiger partial charge is 0.497 e. The Morgan fingerprint density at radius 3 is 2.63 bits per heavy atom. The molecule has 0 spiro atoms. The predicted molar refractivity (Wildman–Crippen MR) is 201 cm³/mol. The summed E-state index contributed by atoms with van der Waals surface area (Å²) in [6, 6.07) is 14.2. The van der Waals surface area contributed by atoms with E-state index < -0.39 is 47.4 Å². The van der Waals surface area contributed by atoms with E-state index >= 15 is 0 Å². The van der Waals surface area contributed by atoms with Gasteiger partial charge in [-0.15, -0.1) is 16.4 Å². The predicted octanol–water partition coefficient (Wildman–Crippen LogP) is 4.98. The number of carbonyl (C=O) groups excluding carboxylic acids is 3. The van der Waals surface area contributed by atoms with E-state index in [2.05, 4.69) is 20.6 Å². The Kier molecular flexibility index (Phi) is 9.48. The van der Waals surface area contributed by atoms with Gasteiger partial charge in [-0.2, -0.15) is 9.90 Å². The number of hydrogen-bond acceptors (Lipinski definition) is 9. The van der Waals surface area contributed by atoms with Crippen molar-refractivity contribution >= 4 is 45.9 Å². The number of ether oxygens (including phenoxy) is 1. The van der Waals surface area contributed by atoms with Crippen molar-refractivity contribution in [2.45, 2.75) is 68.6 Å². The quantitative estimate of drug-likeness (QED) is 0.167. The van der Waals surface area contributed by atoms with Crippen LogP contribution in [-0.4, -0.2) is 89.9 Å². The second-order valence-corrected chi connectivity index (χ2v) is 15.0. The number of aromatic amines is 1. The number of nitrogens with zero attached hydrogens (tertiary/aromatic N) is 5.